The van der Waals surface area contributed by atoms with E-state index in [-0.39, 0.29) is 11.7 Å². The summed E-state index contributed by atoms with van der Waals surface area (Å²) in [4.78, 5) is 12.3. The molecule has 0 N–H and O–H groups in total. The average Bonchev–Trinajstić information content (AvgIpc) is 3.18. The first-order chi connectivity index (χ1) is 8.54. The lowest BCUT2D eigenvalue weighted by molar-refractivity contribution is 0.0934. The molecule has 1 aliphatic carbocycles. The lowest BCUT2D eigenvalue weighted by atomic mass is 9.92. The van der Waals surface area contributed by atoms with Gasteiger partial charge < -0.3 is 4.74 Å². The van der Waals surface area contributed by atoms with Gasteiger partial charge in [0.2, 0.25) is 0 Å². The molecule has 3 heteroatoms. The Kier molecular flexibility index (Phi) is 3.13. The summed E-state index contributed by atoms with van der Waals surface area (Å²) < 4.78 is 5.29. The lowest BCUT2D eigenvalue weighted by Crippen LogP contribution is -2.14. The van der Waals surface area contributed by atoms with E-state index in [1.54, 1.807) is 13.2 Å². The molecule has 1 saturated carbocycles. The smallest absolute Gasteiger partial charge is 0.183 e. The van der Waals surface area contributed by atoms with Gasteiger partial charge in [0, 0.05) is 5.56 Å². The van der Waals surface area contributed by atoms with Gasteiger partial charge in [-0.2, -0.15) is 5.26 Å². The molecule has 0 bridgehead atoms. The highest BCUT2D eigenvalue weighted by Gasteiger charge is 2.50. The molecule has 0 atom stereocenters. The molecule has 0 amide bonds. The maximum atomic E-state index is 12.3. The minimum atomic E-state index is -0.747. The largest absolute Gasteiger partial charge is 0.496 e. The van der Waals surface area contributed by atoms with Crippen molar-refractivity contribution in [2.75, 3.05) is 7.11 Å². The van der Waals surface area contributed by atoms with E-state index in [1.165, 1.54) is 0 Å². The first-order valence-electron chi connectivity index (χ1n) is 6.18. The number of benzene rings is 1. The Morgan fingerprint density at radius 3 is 2.56 bits per heavy atom. The standard InChI is InChI=1S/C15H17NO2/c1-10(2)12-8-11(4-5-13(12)18-3)14(17)15(9-16)6-7-15/h4-5,8,10H,6-7H2,1-3H3. The highest BCUT2D eigenvalue weighted by atomic mass is 16.5. The molecule has 1 aliphatic rings. The van der Waals surface area contributed by atoms with Crippen LogP contribution in [0, 0.1) is 16.7 Å². The number of hydrogen-bond donors (Lipinski definition) is 0. The minimum Gasteiger partial charge on any atom is -0.496 e. The second kappa shape index (κ2) is 4.45. The third-order valence-electron chi connectivity index (χ3n) is 3.51. The number of rotatable bonds is 4. The van der Waals surface area contributed by atoms with Crippen molar-refractivity contribution in [3.63, 3.8) is 0 Å². The predicted molar refractivity (Wildman–Crippen MR) is 68.7 cm³/mol. The zero-order valence-corrected chi connectivity index (χ0v) is 11.0. The number of ketones is 1. The highest BCUT2D eigenvalue weighted by molar-refractivity contribution is 6.04. The number of nitriles is 1. The summed E-state index contributed by atoms with van der Waals surface area (Å²) in [7, 11) is 1.63. The summed E-state index contributed by atoms with van der Waals surface area (Å²) in [6.07, 6.45) is 1.37. The van der Waals surface area contributed by atoms with E-state index in [0.29, 0.717) is 18.4 Å². The van der Waals surface area contributed by atoms with Gasteiger partial charge in [-0.1, -0.05) is 13.8 Å². The van der Waals surface area contributed by atoms with E-state index in [9.17, 15) is 4.79 Å². The number of methoxy groups -OCH3 is 1. The topological polar surface area (TPSA) is 50.1 Å². The van der Waals surface area contributed by atoms with Crippen LogP contribution in [-0.2, 0) is 0 Å². The normalized spacial score (nSPS) is 16.2. The molecule has 0 saturated heterocycles. The molecule has 0 heterocycles. The van der Waals surface area contributed by atoms with Crippen LogP contribution in [0.1, 0.15) is 48.5 Å². The van der Waals surface area contributed by atoms with Crippen molar-refractivity contribution in [2.45, 2.75) is 32.6 Å². The van der Waals surface area contributed by atoms with E-state index in [2.05, 4.69) is 19.9 Å². The van der Waals surface area contributed by atoms with Gasteiger partial charge in [-0.3, -0.25) is 4.79 Å². The van der Waals surface area contributed by atoms with Gasteiger partial charge >= 0.3 is 0 Å². The van der Waals surface area contributed by atoms with E-state index >= 15 is 0 Å². The summed E-state index contributed by atoms with van der Waals surface area (Å²) >= 11 is 0. The fraction of sp³-hybridized carbons (Fsp3) is 0.467. The maximum Gasteiger partial charge on any atom is 0.183 e. The lowest BCUT2D eigenvalue weighted by Gasteiger charge is -2.14. The SMILES string of the molecule is COc1ccc(C(=O)C2(C#N)CC2)cc1C(C)C. The third-order valence-corrected chi connectivity index (χ3v) is 3.51. The van der Waals surface area contributed by atoms with Crippen LogP contribution in [0.3, 0.4) is 0 Å². The molecule has 1 fully saturated rings. The second-order valence-corrected chi connectivity index (χ2v) is 5.13. The van der Waals surface area contributed by atoms with Gasteiger partial charge in [0.1, 0.15) is 11.2 Å². The van der Waals surface area contributed by atoms with E-state index < -0.39 is 5.41 Å². The Labute approximate surface area is 107 Å². The molecule has 0 aromatic heterocycles. The molecule has 3 nitrogen and oxygen atoms in total. The van der Waals surface area contributed by atoms with Crippen molar-refractivity contribution in [3.8, 4) is 11.8 Å². The van der Waals surface area contributed by atoms with Crippen LogP contribution in [0.2, 0.25) is 0 Å². The Morgan fingerprint density at radius 2 is 2.11 bits per heavy atom. The maximum absolute atomic E-state index is 12.3. The van der Waals surface area contributed by atoms with Crippen molar-refractivity contribution in [1.29, 1.82) is 5.26 Å². The molecule has 94 valence electrons. The Bertz CT molecular complexity index is 522. The van der Waals surface area contributed by atoms with Crippen molar-refractivity contribution >= 4 is 5.78 Å². The molecule has 18 heavy (non-hydrogen) atoms. The second-order valence-electron chi connectivity index (χ2n) is 5.13. The van der Waals surface area contributed by atoms with Crippen LogP contribution < -0.4 is 4.74 Å². The van der Waals surface area contributed by atoms with Crippen LogP contribution in [0.5, 0.6) is 5.75 Å². The number of carbonyl (C=O) groups excluding carboxylic acids is 1. The molecule has 2 rings (SSSR count). The zero-order chi connectivity index (χ0) is 13.3. The fourth-order valence-corrected chi connectivity index (χ4v) is 2.12. The molecule has 0 aliphatic heterocycles. The monoisotopic (exact) mass is 243 g/mol. The van der Waals surface area contributed by atoms with Crippen LogP contribution >= 0.6 is 0 Å². The Morgan fingerprint density at radius 1 is 1.44 bits per heavy atom. The first kappa shape index (κ1) is 12.6. The summed E-state index contributed by atoms with van der Waals surface area (Å²) in [5.74, 6) is 1.03. The van der Waals surface area contributed by atoms with E-state index in [0.717, 1.165) is 11.3 Å². The number of hydrogen-bond acceptors (Lipinski definition) is 3. The third kappa shape index (κ3) is 1.99. The van der Waals surface area contributed by atoms with Gasteiger partial charge in [0.15, 0.2) is 5.78 Å². The van der Waals surface area contributed by atoms with Crippen molar-refractivity contribution in [2.24, 2.45) is 5.41 Å². The van der Waals surface area contributed by atoms with Gasteiger partial charge in [-0.15, -0.1) is 0 Å². The number of Topliss-reactive ketones (excluding diaryl/α,β-unsaturated/α-hetero) is 1. The summed E-state index contributed by atoms with van der Waals surface area (Å²) in [6, 6.07) is 7.58. The van der Waals surface area contributed by atoms with Gasteiger partial charge in [0.25, 0.3) is 0 Å². The van der Waals surface area contributed by atoms with E-state index in [1.807, 2.05) is 12.1 Å². The molecule has 0 radical (unpaired) electrons. The molecular formula is C15H17NO2. The summed E-state index contributed by atoms with van der Waals surface area (Å²) in [5, 5.41) is 9.07. The van der Waals surface area contributed by atoms with Crippen molar-refractivity contribution < 1.29 is 9.53 Å². The molecule has 0 unspecified atom stereocenters. The van der Waals surface area contributed by atoms with Gasteiger partial charge in [-0.05, 0) is 42.5 Å². The first-order valence-corrected chi connectivity index (χ1v) is 6.18. The van der Waals surface area contributed by atoms with Crippen LogP contribution in [-0.4, -0.2) is 12.9 Å². The molecular weight excluding hydrogens is 226 g/mol. The Hall–Kier alpha value is -1.82. The average molecular weight is 243 g/mol. The minimum absolute atomic E-state index is 0.0467. The quantitative estimate of drug-likeness (QED) is 0.762. The van der Waals surface area contributed by atoms with Crippen molar-refractivity contribution in [3.05, 3.63) is 29.3 Å². The number of nitrogens with zero attached hydrogens (tertiary/aromatic N) is 1. The van der Waals surface area contributed by atoms with Crippen LogP contribution in [0.4, 0.5) is 0 Å². The predicted octanol–water partition coefficient (Wildman–Crippen LogP) is 3.31. The Balaban J connectivity index is 2.39. The zero-order valence-electron chi connectivity index (χ0n) is 11.0. The number of ether oxygens (including phenoxy) is 1. The van der Waals surface area contributed by atoms with Crippen LogP contribution in [0.15, 0.2) is 18.2 Å². The molecule has 0 spiro atoms. The summed E-state index contributed by atoms with van der Waals surface area (Å²) in [5.41, 5.74) is 0.888. The molecule has 1 aromatic rings. The van der Waals surface area contributed by atoms with Crippen LogP contribution in [0.25, 0.3) is 0 Å². The van der Waals surface area contributed by atoms with Gasteiger partial charge in [0.05, 0.1) is 13.2 Å². The highest BCUT2D eigenvalue weighted by Crippen LogP contribution is 2.47. The fourth-order valence-electron chi connectivity index (χ4n) is 2.12. The summed E-state index contributed by atoms with van der Waals surface area (Å²) in [6.45, 7) is 4.12. The molecule has 1 aromatic carbocycles. The van der Waals surface area contributed by atoms with Crippen molar-refractivity contribution in [1.82, 2.24) is 0 Å². The number of carbonyl (C=O) groups is 1. The van der Waals surface area contributed by atoms with Gasteiger partial charge in [-0.25, -0.2) is 0 Å². The van der Waals surface area contributed by atoms with E-state index in [4.69, 9.17) is 10.00 Å².